The number of nitrogens with zero attached hydrogens (tertiary/aromatic N) is 3. The van der Waals surface area contributed by atoms with Crippen molar-refractivity contribution in [3.63, 3.8) is 0 Å². The van der Waals surface area contributed by atoms with Crippen LogP contribution >= 0.6 is 34.0 Å². The van der Waals surface area contributed by atoms with E-state index in [1.165, 1.54) is 45.1 Å². The summed E-state index contributed by atoms with van der Waals surface area (Å²) in [6.45, 7) is 1.83. The van der Waals surface area contributed by atoms with Crippen molar-refractivity contribution in [2.75, 3.05) is 17.2 Å². The minimum atomic E-state index is -4.67. The number of carbonyl (C=O) groups excluding carboxylic acids is 2. The molecule has 0 saturated heterocycles. The largest absolute Gasteiger partial charge is 0.744 e. The van der Waals surface area contributed by atoms with Crippen molar-refractivity contribution < 1.29 is 27.3 Å². The zero-order valence-electron chi connectivity index (χ0n) is 34.1. The average Bonchev–Trinajstić information content (AvgIpc) is 4.11. The highest BCUT2D eigenvalue weighted by Crippen LogP contribution is 2.45. The van der Waals surface area contributed by atoms with Crippen LogP contribution in [0.4, 0.5) is 16.2 Å². The monoisotopic (exact) mass is 926 g/mol. The molecule has 3 heterocycles. The van der Waals surface area contributed by atoms with Crippen molar-refractivity contribution in [1.82, 2.24) is 15.0 Å². The first kappa shape index (κ1) is 40.6. The van der Waals surface area contributed by atoms with Crippen LogP contribution in [-0.2, 0) is 14.9 Å². The summed E-state index contributed by atoms with van der Waals surface area (Å²) in [5.41, 5.74) is 11.4. The van der Waals surface area contributed by atoms with E-state index in [1.807, 2.05) is 103 Å². The molecule has 0 aliphatic heterocycles. The average molecular weight is 927 g/mol. The predicted octanol–water partition coefficient (Wildman–Crippen LogP) is 12.3. The van der Waals surface area contributed by atoms with Crippen LogP contribution in [0.2, 0.25) is 0 Å². The number of aryl methyl sites for hydroxylation is 1. The molecule has 3 aromatic heterocycles. The fourth-order valence-electron chi connectivity index (χ4n) is 8.22. The summed E-state index contributed by atoms with van der Waals surface area (Å²) in [4.78, 5) is 40.3. The number of ether oxygens (including phenoxy) is 1. The summed E-state index contributed by atoms with van der Waals surface area (Å²) in [6, 6.07) is 45.9. The van der Waals surface area contributed by atoms with Gasteiger partial charge >= 0.3 is 6.09 Å². The number of benzene rings is 7. The van der Waals surface area contributed by atoms with Crippen molar-refractivity contribution in [3.8, 4) is 42.8 Å². The second-order valence-corrected chi connectivity index (χ2v) is 19.9. The zero-order valence-corrected chi connectivity index (χ0v) is 37.3. The Labute approximate surface area is 383 Å². The highest BCUT2D eigenvalue weighted by atomic mass is 32.2. The molecule has 0 unspecified atom stereocenters. The van der Waals surface area contributed by atoms with Crippen molar-refractivity contribution in [2.24, 2.45) is 0 Å². The number of thiazole rings is 3. The molecule has 0 saturated carbocycles. The Hall–Kier alpha value is -7.14. The van der Waals surface area contributed by atoms with E-state index in [-0.39, 0.29) is 23.3 Å². The van der Waals surface area contributed by atoms with E-state index < -0.39 is 16.2 Å². The molecule has 7 aromatic carbocycles. The molecule has 10 aromatic rings. The lowest BCUT2D eigenvalue weighted by molar-refractivity contribution is 0.102. The first-order valence-electron chi connectivity index (χ1n) is 20.3. The van der Waals surface area contributed by atoms with Crippen molar-refractivity contribution in [2.45, 2.75) is 17.7 Å². The van der Waals surface area contributed by atoms with Gasteiger partial charge in [-0.2, -0.15) is 0 Å². The van der Waals surface area contributed by atoms with E-state index in [0.717, 1.165) is 58.3 Å². The molecule has 11 rings (SSSR count). The van der Waals surface area contributed by atoms with Gasteiger partial charge in [-0.15, -0.1) is 34.0 Å². The molecule has 11 nitrogen and oxygen atoms in total. The smallest absolute Gasteiger partial charge is 0.411 e. The Morgan fingerprint density at radius 3 is 1.77 bits per heavy atom. The molecule has 1 aliphatic rings. The van der Waals surface area contributed by atoms with Gasteiger partial charge in [-0.3, -0.25) is 10.1 Å². The van der Waals surface area contributed by atoms with Gasteiger partial charge < -0.3 is 14.6 Å². The molecular weight excluding hydrogens is 895 g/mol. The third-order valence-corrected chi connectivity index (χ3v) is 15.8. The van der Waals surface area contributed by atoms with Crippen LogP contribution in [0.5, 0.6) is 0 Å². The van der Waals surface area contributed by atoms with Gasteiger partial charge in [0.15, 0.2) is 0 Å². The Kier molecular flexibility index (Phi) is 10.1. The first-order chi connectivity index (χ1) is 31.5. The molecule has 65 heavy (non-hydrogen) atoms. The molecule has 0 bridgehead atoms. The van der Waals surface area contributed by atoms with Crippen LogP contribution in [0.1, 0.15) is 33.0 Å². The summed E-state index contributed by atoms with van der Waals surface area (Å²) in [7, 11) is -4.67. The molecule has 2 N–H and O–H groups in total. The maximum atomic E-state index is 13.4. The Balaban J connectivity index is 0.727. The molecule has 2 amide bonds. The minimum absolute atomic E-state index is 0.0253. The number of amides is 2. The van der Waals surface area contributed by atoms with Gasteiger partial charge in [-0.25, -0.2) is 28.2 Å². The van der Waals surface area contributed by atoms with Crippen molar-refractivity contribution in [1.29, 1.82) is 0 Å². The van der Waals surface area contributed by atoms with Gasteiger partial charge in [0.05, 0.1) is 35.5 Å². The van der Waals surface area contributed by atoms with E-state index in [2.05, 4.69) is 39.9 Å². The van der Waals surface area contributed by atoms with Crippen molar-refractivity contribution in [3.05, 3.63) is 168 Å². The maximum absolute atomic E-state index is 13.4. The molecule has 0 atom stereocenters. The lowest BCUT2D eigenvalue weighted by Gasteiger charge is -2.14. The number of hydrogen-bond acceptors (Lipinski definition) is 12. The molecule has 0 spiro atoms. The second-order valence-electron chi connectivity index (χ2n) is 15.5. The fourth-order valence-corrected chi connectivity index (χ4v) is 12.5. The summed E-state index contributed by atoms with van der Waals surface area (Å²) < 4.78 is 43.9. The molecular formula is C50H32N5O6S4-. The number of rotatable bonds is 9. The number of carbonyl (C=O) groups is 2. The normalized spacial score (nSPS) is 12.4. The minimum Gasteiger partial charge on any atom is -0.744 e. The third kappa shape index (κ3) is 7.72. The maximum Gasteiger partial charge on any atom is 0.411 e. The van der Waals surface area contributed by atoms with Gasteiger partial charge in [0.25, 0.3) is 5.91 Å². The molecule has 318 valence electrons. The predicted molar refractivity (Wildman–Crippen MR) is 258 cm³/mol. The lowest BCUT2D eigenvalue weighted by atomic mass is 9.98. The molecule has 0 fully saturated rings. The third-order valence-electron chi connectivity index (χ3n) is 11.4. The van der Waals surface area contributed by atoms with E-state index in [0.29, 0.717) is 37.7 Å². The quantitative estimate of drug-likeness (QED) is 0.134. The Bertz CT molecular complexity index is 3610. The van der Waals surface area contributed by atoms with E-state index in [4.69, 9.17) is 14.7 Å². The Morgan fingerprint density at radius 1 is 0.615 bits per heavy atom. The van der Waals surface area contributed by atoms with Crippen LogP contribution in [0.25, 0.3) is 73.5 Å². The summed E-state index contributed by atoms with van der Waals surface area (Å²) in [5, 5.41) is 8.03. The van der Waals surface area contributed by atoms with Gasteiger partial charge in [0.2, 0.25) is 0 Å². The summed E-state index contributed by atoms with van der Waals surface area (Å²) >= 11 is 4.16. The zero-order chi connectivity index (χ0) is 44.4. The fraction of sp³-hybridized carbons (Fsp3) is 0.0600. The number of fused-ring (bicyclic) bond motifs is 6. The molecule has 1 aliphatic carbocycles. The van der Waals surface area contributed by atoms with Crippen LogP contribution in [0.15, 0.2) is 150 Å². The second kappa shape index (κ2) is 16.1. The van der Waals surface area contributed by atoms with Crippen LogP contribution in [0, 0.1) is 6.92 Å². The SMILES string of the molecule is Cc1ccc2nc(-c3ccc4nc(-c5ccc(NC(=O)c6ccc7nc(-c8ccc(NC(=O)OCC9c%10ccccc%10-c%10ccccc%109)cc8)sc7c6)cc5)sc4c3)sc2c1S(=O)(=O)[O-]. The van der Waals surface area contributed by atoms with Crippen LogP contribution in [-0.4, -0.2) is 46.5 Å². The summed E-state index contributed by atoms with van der Waals surface area (Å²) in [6.07, 6.45) is -0.523. The Morgan fingerprint density at radius 2 is 1.14 bits per heavy atom. The highest BCUT2D eigenvalue weighted by Gasteiger charge is 2.29. The van der Waals surface area contributed by atoms with Gasteiger partial charge in [-0.1, -0.05) is 54.6 Å². The molecule has 0 radical (unpaired) electrons. The standard InChI is InChI=1S/C50H33N5O6S4/c1-27-10-21-41-44(45(27)65(58,59)60)64-49(55-41)31-16-23-40-43(25-31)63-48(54-40)28-11-17-32(18-12-28)51-46(56)30-15-22-39-42(24-30)62-47(53-39)29-13-19-33(20-14-29)52-50(57)61-26-38-36-8-4-2-6-34(36)35-7-3-5-9-37(35)38/h2-25,38H,26H2,1H3,(H,51,56)(H,52,57)(H,58,59,60)/p-1. The van der Waals surface area contributed by atoms with Crippen LogP contribution < -0.4 is 10.6 Å². The van der Waals surface area contributed by atoms with Gasteiger partial charge in [0.1, 0.15) is 31.7 Å². The van der Waals surface area contributed by atoms with Crippen molar-refractivity contribution >= 4 is 98.2 Å². The molecule has 15 heteroatoms. The summed E-state index contributed by atoms with van der Waals surface area (Å²) in [5.74, 6) is -0.279. The topological polar surface area (TPSA) is 163 Å². The number of nitrogens with one attached hydrogen (secondary N) is 2. The number of anilines is 2. The first-order valence-corrected chi connectivity index (χ1v) is 24.2. The van der Waals surface area contributed by atoms with E-state index in [9.17, 15) is 22.6 Å². The van der Waals surface area contributed by atoms with E-state index in [1.54, 1.807) is 25.1 Å². The van der Waals surface area contributed by atoms with Gasteiger partial charge in [-0.05, 0) is 126 Å². The van der Waals surface area contributed by atoms with E-state index >= 15 is 0 Å². The highest BCUT2D eigenvalue weighted by molar-refractivity contribution is 7.86. The number of aromatic nitrogens is 3. The lowest BCUT2D eigenvalue weighted by Crippen LogP contribution is -2.17. The van der Waals surface area contributed by atoms with Gasteiger partial charge in [0, 0.05) is 39.5 Å². The van der Waals surface area contributed by atoms with Crippen LogP contribution in [0.3, 0.4) is 0 Å². The number of hydrogen-bond donors (Lipinski definition) is 2.